The van der Waals surface area contributed by atoms with Crippen LogP contribution in [0.5, 0.6) is 0 Å². The van der Waals surface area contributed by atoms with Gasteiger partial charge in [-0.3, -0.25) is 10.2 Å². The molecule has 9 nitrogen and oxygen atoms in total. The van der Waals surface area contributed by atoms with E-state index in [4.69, 9.17) is 4.98 Å². The maximum Gasteiger partial charge on any atom is 0.280 e. The third-order valence-electron chi connectivity index (χ3n) is 5.07. The number of fused-ring (bicyclic) bond motifs is 2. The van der Waals surface area contributed by atoms with E-state index in [1.54, 1.807) is 12.4 Å². The lowest BCUT2D eigenvalue weighted by molar-refractivity contribution is 0.641. The molecule has 3 aromatic heterocycles. The minimum absolute atomic E-state index is 0.168. The fourth-order valence-corrected chi connectivity index (χ4v) is 3.52. The predicted molar refractivity (Wildman–Crippen MR) is 120 cm³/mol. The van der Waals surface area contributed by atoms with Crippen molar-refractivity contribution in [2.75, 3.05) is 10.7 Å². The molecule has 0 saturated heterocycles. The van der Waals surface area contributed by atoms with Gasteiger partial charge in [0.15, 0.2) is 17.3 Å². The number of hydrogen-bond donors (Lipinski definition) is 3. The Morgan fingerprint density at radius 2 is 1.84 bits per heavy atom. The highest BCUT2D eigenvalue weighted by Gasteiger charge is 2.21. The average Bonchev–Trinajstić information content (AvgIpc) is 3.30. The smallest absolute Gasteiger partial charge is 0.280 e. The lowest BCUT2D eigenvalue weighted by atomic mass is 10.1. The Labute approximate surface area is 177 Å². The van der Waals surface area contributed by atoms with E-state index in [0.717, 1.165) is 5.69 Å². The molecule has 9 heteroatoms. The van der Waals surface area contributed by atoms with Crippen molar-refractivity contribution >= 4 is 33.6 Å². The van der Waals surface area contributed by atoms with Gasteiger partial charge in [-0.1, -0.05) is 37.3 Å². The molecule has 2 aromatic carbocycles. The number of benzene rings is 2. The van der Waals surface area contributed by atoms with Crippen molar-refractivity contribution in [3.8, 4) is 0 Å². The Kier molecular flexibility index (Phi) is 4.75. The van der Waals surface area contributed by atoms with Gasteiger partial charge in [0.2, 0.25) is 0 Å². The highest BCUT2D eigenvalue weighted by Crippen LogP contribution is 2.24. The number of hydrogen-bond acceptors (Lipinski definition) is 7. The van der Waals surface area contributed by atoms with Crippen LogP contribution in [0.4, 0.5) is 11.5 Å². The van der Waals surface area contributed by atoms with Crippen molar-refractivity contribution in [3.05, 3.63) is 83.4 Å². The first-order valence-electron chi connectivity index (χ1n) is 9.99. The Hall–Kier alpha value is -4.27. The Morgan fingerprint density at radius 3 is 2.68 bits per heavy atom. The molecule has 0 fully saturated rings. The minimum Gasteiger partial charge on any atom is -0.358 e. The summed E-state index contributed by atoms with van der Waals surface area (Å²) < 4.78 is 1.50. The molecule has 5 rings (SSSR count). The first-order valence-corrected chi connectivity index (χ1v) is 9.99. The molecule has 154 valence electrons. The van der Waals surface area contributed by atoms with Gasteiger partial charge in [0.25, 0.3) is 5.56 Å². The van der Waals surface area contributed by atoms with Gasteiger partial charge < -0.3 is 10.3 Å². The standard InChI is InChI=1S/C22H20N8O/c1-2-16(27-20-18-19(24-12-23-18)25-13-26-20)21-28-17-11-7-6-10-15(17)22(31)30(21)29-14-8-4-3-5-9-14/h3-13,16,29H,2H2,1H3,(H2,23,24,25,26,27)/t16-/m0/s1. The van der Waals surface area contributed by atoms with E-state index in [-0.39, 0.29) is 11.6 Å². The molecule has 0 aliphatic carbocycles. The molecule has 0 unspecified atom stereocenters. The highest BCUT2D eigenvalue weighted by atomic mass is 16.1. The van der Waals surface area contributed by atoms with E-state index in [1.807, 2.05) is 55.5 Å². The summed E-state index contributed by atoms with van der Waals surface area (Å²) in [6.07, 6.45) is 3.70. The summed E-state index contributed by atoms with van der Waals surface area (Å²) in [4.78, 5) is 34.0. The van der Waals surface area contributed by atoms with Gasteiger partial charge in [-0.25, -0.2) is 24.6 Å². The van der Waals surface area contributed by atoms with Crippen molar-refractivity contribution in [2.45, 2.75) is 19.4 Å². The van der Waals surface area contributed by atoms with Crippen LogP contribution >= 0.6 is 0 Å². The van der Waals surface area contributed by atoms with Gasteiger partial charge in [0, 0.05) is 0 Å². The molecule has 0 amide bonds. The zero-order valence-corrected chi connectivity index (χ0v) is 16.8. The molecule has 0 radical (unpaired) electrons. The van der Waals surface area contributed by atoms with Gasteiger partial charge in [-0.15, -0.1) is 0 Å². The molecule has 3 N–H and O–H groups in total. The SMILES string of the molecule is CC[C@H](Nc1ncnc2nc[nH]c12)c1nc2ccccc2c(=O)n1Nc1ccccc1. The van der Waals surface area contributed by atoms with Crippen LogP contribution in [0.25, 0.3) is 22.1 Å². The molecule has 1 atom stereocenters. The summed E-state index contributed by atoms with van der Waals surface area (Å²) in [5, 5.41) is 3.95. The molecule has 31 heavy (non-hydrogen) atoms. The summed E-state index contributed by atoms with van der Waals surface area (Å²) in [5.74, 6) is 1.16. The second kappa shape index (κ2) is 7.86. The molecule has 0 bridgehead atoms. The third-order valence-corrected chi connectivity index (χ3v) is 5.07. The fraction of sp³-hybridized carbons (Fsp3) is 0.136. The number of aromatic nitrogens is 6. The molecule has 0 aliphatic heterocycles. The van der Waals surface area contributed by atoms with Crippen LogP contribution in [0, 0.1) is 0 Å². The molecular weight excluding hydrogens is 392 g/mol. The summed E-state index contributed by atoms with van der Waals surface area (Å²) >= 11 is 0. The van der Waals surface area contributed by atoms with E-state index in [0.29, 0.717) is 40.1 Å². The number of nitrogens with one attached hydrogen (secondary N) is 3. The lowest BCUT2D eigenvalue weighted by Gasteiger charge is -2.22. The number of aromatic amines is 1. The van der Waals surface area contributed by atoms with E-state index >= 15 is 0 Å². The van der Waals surface area contributed by atoms with Crippen molar-refractivity contribution in [1.29, 1.82) is 0 Å². The second-order valence-corrected chi connectivity index (χ2v) is 7.03. The van der Waals surface area contributed by atoms with E-state index < -0.39 is 0 Å². The van der Waals surface area contributed by atoms with Crippen molar-refractivity contribution in [1.82, 2.24) is 29.6 Å². The van der Waals surface area contributed by atoms with Crippen LogP contribution in [-0.4, -0.2) is 29.6 Å². The lowest BCUT2D eigenvalue weighted by Crippen LogP contribution is -2.33. The Morgan fingerprint density at radius 1 is 1.03 bits per heavy atom. The summed E-state index contributed by atoms with van der Waals surface area (Å²) in [5.41, 5.74) is 5.75. The van der Waals surface area contributed by atoms with Crippen molar-refractivity contribution in [3.63, 3.8) is 0 Å². The van der Waals surface area contributed by atoms with Gasteiger partial charge in [-0.05, 0) is 30.7 Å². The predicted octanol–water partition coefficient (Wildman–Crippen LogP) is 3.50. The number of anilines is 2. The molecule has 3 heterocycles. The maximum absolute atomic E-state index is 13.4. The highest BCUT2D eigenvalue weighted by molar-refractivity contribution is 5.82. The van der Waals surface area contributed by atoms with E-state index in [1.165, 1.54) is 11.0 Å². The number of rotatable bonds is 6. The van der Waals surface area contributed by atoms with Crippen molar-refractivity contribution < 1.29 is 0 Å². The normalized spacial score (nSPS) is 12.2. The summed E-state index contributed by atoms with van der Waals surface area (Å²) in [6.45, 7) is 2.03. The van der Waals surface area contributed by atoms with Gasteiger partial charge in [0.1, 0.15) is 11.8 Å². The molecule has 5 aromatic rings. The number of H-pyrrole nitrogens is 1. The maximum atomic E-state index is 13.4. The van der Waals surface area contributed by atoms with Crippen LogP contribution in [-0.2, 0) is 0 Å². The Bertz CT molecular complexity index is 1410. The van der Waals surface area contributed by atoms with Gasteiger partial charge >= 0.3 is 0 Å². The first kappa shape index (κ1) is 18.7. The molecular formula is C22H20N8O. The number of para-hydroxylation sites is 2. The zero-order valence-electron chi connectivity index (χ0n) is 16.8. The van der Waals surface area contributed by atoms with Crippen LogP contribution in [0.1, 0.15) is 25.2 Å². The van der Waals surface area contributed by atoms with Crippen LogP contribution in [0.3, 0.4) is 0 Å². The molecule has 0 aliphatic rings. The topological polar surface area (TPSA) is 113 Å². The second-order valence-electron chi connectivity index (χ2n) is 7.03. The van der Waals surface area contributed by atoms with Crippen LogP contribution in [0.2, 0.25) is 0 Å². The monoisotopic (exact) mass is 412 g/mol. The van der Waals surface area contributed by atoms with E-state index in [2.05, 4.69) is 30.7 Å². The minimum atomic E-state index is -0.296. The van der Waals surface area contributed by atoms with Gasteiger partial charge in [-0.2, -0.15) is 0 Å². The largest absolute Gasteiger partial charge is 0.358 e. The van der Waals surface area contributed by atoms with Crippen LogP contribution < -0.4 is 16.3 Å². The van der Waals surface area contributed by atoms with Gasteiger partial charge in [0.05, 0.1) is 29.0 Å². The third kappa shape index (κ3) is 3.46. The fourth-order valence-electron chi connectivity index (χ4n) is 3.52. The van der Waals surface area contributed by atoms with E-state index in [9.17, 15) is 4.79 Å². The molecule has 0 spiro atoms. The number of nitrogens with zero attached hydrogens (tertiary/aromatic N) is 5. The Balaban J connectivity index is 1.65. The zero-order chi connectivity index (χ0) is 21.2. The molecule has 0 saturated carbocycles. The summed E-state index contributed by atoms with van der Waals surface area (Å²) in [7, 11) is 0. The summed E-state index contributed by atoms with van der Waals surface area (Å²) in [6, 6.07) is 16.6. The number of imidazole rings is 1. The van der Waals surface area contributed by atoms with Crippen molar-refractivity contribution in [2.24, 2.45) is 0 Å². The van der Waals surface area contributed by atoms with Crippen LogP contribution in [0.15, 0.2) is 72.0 Å². The first-order chi connectivity index (χ1) is 15.2. The quantitative estimate of drug-likeness (QED) is 0.391. The average molecular weight is 412 g/mol.